The number of aromatic nitrogens is 1. The lowest BCUT2D eigenvalue weighted by Gasteiger charge is -2.05. The Morgan fingerprint density at radius 1 is 1.50 bits per heavy atom. The van der Waals surface area contributed by atoms with Crippen molar-refractivity contribution in [3.05, 3.63) is 16.1 Å². The van der Waals surface area contributed by atoms with Crippen molar-refractivity contribution in [2.24, 2.45) is 17.1 Å². The average molecular weight is 239 g/mol. The predicted molar refractivity (Wildman–Crippen MR) is 68.6 cm³/mol. The number of rotatable bonds is 4. The molecule has 1 aliphatic rings. The van der Waals surface area contributed by atoms with Crippen molar-refractivity contribution >= 4 is 11.3 Å². The molecular weight excluding hydrogens is 218 g/mol. The van der Waals surface area contributed by atoms with E-state index in [1.807, 2.05) is 17.5 Å². The Hall–Kier alpha value is -0.450. The van der Waals surface area contributed by atoms with E-state index in [-0.39, 0.29) is 0 Å². The smallest absolute Gasteiger partial charge is 0.0968 e. The third kappa shape index (κ3) is 2.01. The maximum Gasteiger partial charge on any atom is 0.0968 e. The summed E-state index contributed by atoms with van der Waals surface area (Å²) in [6.45, 7) is 6.35. The van der Waals surface area contributed by atoms with E-state index < -0.39 is 0 Å². The maximum absolute atomic E-state index is 5.79. The lowest BCUT2D eigenvalue weighted by atomic mass is 10.1. The first kappa shape index (κ1) is 12.0. The summed E-state index contributed by atoms with van der Waals surface area (Å²) in [5, 5.41) is 1.28. The van der Waals surface area contributed by atoms with Crippen LogP contribution in [0.15, 0.2) is 6.20 Å². The fraction of sp³-hybridized carbons (Fsp3) is 0.750. The Morgan fingerprint density at radius 3 is 2.69 bits per heavy atom. The van der Waals surface area contributed by atoms with Gasteiger partial charge >= 0.3 is 0 Å². The van der Waals surface area contributed by atoms with Crippen molar-refractivity contribution in [2.75, 3.05) is 20.6 Å². The SMILES string of the molecule is CN(C)Cc1cnc([C@H]2[C@H](CN)C2(C)C)s1. The first-order chi connectivity index (χ1) is 7.46. The zero-order valence-corrected chi connectivity index (χ0v) is 11.3. The van der Waals surface area contributed by atoms with Crippen molar-refractivity contribution in [3.63, 3.8) is 0 Å². The van der Waals surface area contributed by atoms with Gasteiger partial charge in [0.05, 0.1) is 5.01 Å². The average Bonchev–Trinajstić information content (AvgIpc) is 2.55. The third-order valence-corrected chi connectivity index (χ3v) is 4.68. The first-order valence-electron chi connectivity index (χ1n) is 5.76. The van der Waals surface area contributed by atoms with Crippen molar-refractivity contribution in [1.82, 2.24) is 9.88 Å². The lowest BCUT2D eigenvalue weighted by molar-refractivity contribution is 0.406. The van der Waals surface area contributed by atoms with Gasteiger partial charge in [0.15, 0.2) is 0 Å². The van der Waals surface area contributed by atoms with Crippen LogP contribution in [-0.2, 0) is 6.54 Å². The summed E-state index contributed by atoms with van der Waals surface area (Å²) in [7, 11) is 4.17. The summed E-state index contributed by atoms with van der Waals surface area (Å²) in [6.07, 6.45) is 2.02. The summed E-state index contributed by atoms with van der Waals surface area (Å²) in [5.74, 6) is 1.20. The fourth-order valence-corrected chi connectivity index (χ4v) is 3.92. The van der Waals surface area contributed by atoms with Crippen LogP contribution in [0.2, 0.25) is 0 Å². The van der Waals surface area contributed by atoms with Gasteiger partial charge in [0.2, 0.25) is 0 Å². The molecule has 0 bridgehead atoms. The molecule has 0 spiro atoms. The van der Waals surface area contributed by atoms with E-state index in [9.17, 15) is 0 Å². The predicted octanol–water partition coefficient (Wildman–Crippen LogP) is 1.90. The molecular formula is C12H21N3S. The molecule has 2 atom stereocenters. The number of hydrogen-bond donors (Lipinski definition) is 1. The molecule has 1 saturated carbocycles. The van der Waals surface area contributed by atoms with Gasteiger partial charge in [-0.25, -0.2) is 4.98 Å². The highest BCUT2D eigenvalue weighted by atomic mass is 32.1. The van der Waals surface area contributed by atoms with E-state index in [4.69, 9.17) is 5.73 Å². The van der Waals surface area contributed by atoms with Crippen LogP contribution >= 0.6 is 11.3 Å². The van der Waals surface area contributed by atoms with Gasteiger partial charge in [0.1, 0.15) is 0 Å². The number of nitrogens with two attached hydrogens (primary N) is 1. The van der Waals surface area contributed by atoms with Crippen LogP contribution in [0.1, 0.15) is 29.7 Å². The van der Waals surface area contributed by atoms with Gasteiger partial charge in [-0.1, -0.05) is 13.8 Å². The van der Waals surface area contributed by atoms with Crippen LogP contribution in [-0.4, -0.2) is 30.5 Å². The van der Waals surface area contributed by atoms with E-state index >= 15 is 0 Å². The van der Waals surface area contributed by atoms with Crippen LogP contribution in [0.25, 0.3) is 0 Å². The highest BCUT2D eigenvalue weighted by molar-refractivity contribution is 7.11. The van der Waals surface area contributed by atoms with Crippen molar-refractivity contribution in [1.29, 1.82) is 0 Å². The maximum atomic E-state index is 5.79. The van der Waals surface area contributed by atoms with Gasteiger partial charge in [-0.15, -0.1) is 11.3 Å². The van der Waals surface area contributed by atoms with Crippen LogP contribution < -0.4 is 5.73 Å². The Morgan fingerprint density at radius 2 is 2.19 bits per heavy atom. The Labute approximate surface area is 102 Å². The molecule has 90 valence electrons. The van der Waals surface area contributed by atoms with Crippen molar-refractivity contribution in [2.45, 2.75) is 26.3 Å². The summed E-state index contributed by atoms with van der Waals surface area (Å²) < 4.78 is 0. The molecule has 1 aromatic heterocycles. The van der Waals surface area contributed by atoms with Gasteiger partial charge < -0.3 is 10.6 Å². The molecule has 1 heterocycles. The second-order valence-corrected chi connectivity index (χ2v) is 6.69. The standard InChI is InChI=1S/C12H21N3S/c1-12(2)9(5-13)10(12)11-14-6-8(16-11)7-15(3)4/h6,9-10H,5,7,13H2,1-4H3/t9-,10+/m0/s1. The van der Waals surface area contributed by atoms with Gasteiger partial charge in [0.25, 0.3) is 0 Å². The van der Waals surface area contributed by atoms with Crippen molar-refractivity contribution in [3.8, 4) is 0 Å². The zero-order chi connectivity index (χ0) is 11.9. The van der Waals surface area contributed by atoms with Crippen LogP contribution in [0, 0.1) is 11.3 Å². The van der Waals surface area contributed by atoms with E-state index in [0.717, 1.165) is 13.1 Å². The molecule has 0 radical (unpaired) electrons. The molecule has 2 N–H and O–H groups in total. The Kier molecular flexibility index (Phi) is 3.07. The molecule has 2 rings (SSSR count). The topological polar surface area (TPSA) is 42.2 Å². The summed E-state index contributed by atoms with van der Waals surface area (Å²) >= 11 is 1.84. The highest BCUT2D eigenvalue weighted by Gasteiger charge is 2.58. The van der Waals surface area contributed by atoms with Crippen LogP contribution in [0.5, 0.6) is 0 Å². The fourth-order valence-electron chi connectivity index (χ4n) is 2.53. The third-order valence-electron chi connectivity index (χ3n) is 3.61. The monoisotopic (exact) mass is 239 g/mol. The summed E-state index contributed by atoms with van der Waals surface area (Å²) in [5.41, 5.74) is 6.14. The van der Waals surface area contributed by atoms with Gasteiger partial charge in [-0.2, -0.15) is 0 Å². The van der Waals surface area contributed by atoms with E-state index in [1.165, 1.54) is 9.88 Å². The minimum Gasteiger partial charge on any atom is -0.330 e. The minimum absolute atomic E-state index is 0.349. The normalized spacial score (nSPS) is 27.4. The highest BCUT2D eigenvalue weighted by Crippen LogP contribution is 2.64. The van der Waals surface area contributed by atoms with Crippen LogP contribution in [0.3, 0.4) is 0 Å². The molecule has 16 heavy (non-hydrogen) atoms. The number of thiazole rings is 1. The van der Waals surface area contributed by atoms with E-state index in [2.05, 4.69) is 37.8 Å². The summed E-state index contributed by atoms with van der Waals surface area (Å²) in [6, 6.07) is 0. The molecule has 0 saturated heterocycles. The second-order valence-electron chi connectivity index (χ2n) is 5.54. The zero-order valence-electron chi connectivity index (χ0n) is 10.5. The quantitative estimate of drug-likeness (QED) is 0.872. The van der Waals surface area contributed by atoms with E-state index in [1.54, 1.807) is 0 Å². The Balaban J connectivity index is 2.09. The van der Waals surface area contributed by atoms with Crippen LogP contribution in [0.4, 0.5) is 0 Å². The molecule has 1 fully saturated rings. The molecule has 3 nitrogen and oxygen atoms in total. The van der Waals surface area contributed by atoms with Crippen molar-refractivity contribution < 1.29 is 0 Å². The minimum atomic E-state index is 0.349. The summed E-state index contributed by atoms with van der Waals surface area (Å²) in [4.78, 5) is 8.08. The van der Waals surface area contributed by atoms with E-state index in [0.29, 0.717) is 17.3 Å². The largest absolute Gasteiger partial charge is 0.330 e. The number of hydrogen-bond acceptors (Lipinski definition) is 4. The molecule has 0 aliphatic heterocycles. The van der Waals surface area contributed by atoms with Gasteiger partial charge in [-0.05, 0) is 32.0 Å². The molecule has 0 amide bonds. The van der Waals surface area contributed by atoms with Gasteiger partial charge in [-0.3, -0.25) is 0 Å². The lowest BCUT2D eigenvalue weighted by Crippen LogP contribution is -2.09. The molecule has 1 aliphatic carbocycles. The second kappa shape index (κ2) is 4.09. The molecule has 4 heteroatoms. The Bertz CT molecular complexity index is 370. The van der Waals surface area contributed by atoms with Gasteiger partial charge in [0, 0.05) is 23.5 Å². The number of nitrogens with zero attached hydrogens (tertiary/aromatic N) is 2. The molecule has 0 aromatic carbocycles. The molecule has 0 unspecified atom stereocenters. The molecule has 1 aromatic rings. The first-order valence-corrected chi connectivity index (χ1v) is 6.58.